The minimum atomic E-state index is 0.622. The summed E-state index contributed by atoms with van der Waals surface area (Å²) in [4.78, 5) is 11.1. The van der Waals surface area contributed by atoms with Crippen LogP contribution in [0.4, 0.5) is 5.82 Å². The molecule has 0 fully saturated rings. The second kappa shape index (κ2) is 4.16. The minimum Gasteiger partial charge on any atom is -0.368 e. The Kier molecular flexibility index (Phi) is 2.37. The number of nitrogens with one attached hydrogen (secondary N) is 2. The zero-order valence-electron chi connectivity index (χ0n) is 8.91. The molecule has 0 aliphatic rings. The minimum absolute atomic E-state index is 0.622. The SMILES string of the molecule is c1ncc(CCNc2cncc3nnnn23)[nH]1. The molecule has 0 saturated heterocycles. The Hall–Kier alpha value is -2.51. The van der Waals surface area contributed by atoms with Crippen molar-refractivity contribution in [3.8, 4) is 0 Å². The summed E-state index contributed by atoms with van der Waals surface area (Å²) in [7, 11) is 0. The Morgan fingerprint density at radius 1 is 1.24 bits per heavy atom. The van der Waals surface area contributed by atoms with Crippen LogP contribution >= 0.6 is 0 Å². The zero-order chi connectivity index (χ0) is 11.5. The standard InChI is InChI=1S/C9H10N8/c1(7-3-11-6-13-7)2-12-8-4-10-5-9-14-15-16-17(8)9/h3-6,12H,1-2H2,(H,11,13). The van der Waals surface area contributed by atoms with Crippen LogP contribution in [0.3, 0.4) is 0 Å². The molecule has 8 heteroatoms. The molecule has 0 unspecified atom stereocenters. The van der Waals surface area contributed by atoms with Gasteiger partial charge in [-0.15, -0.1) is 5.10 Å². The van der Waals surface area contributed by atoms with Gasteiger partial charge in [-0.05, 0) is 10.4 Å². The van der Waals surface area contributed by atoms with E-state index in [1.807, 2.05) is 0 Å². The molecule has 3 aromatic heterocycles. The summed E-state index contributed by atoms with van der Waals surface area (Å²) in [5.74, 6) is 0.770. The maximum Gasteiger partial charge on any atom is 0.199 e. The van der Waals surface area contributed by atoms with Crippen molar-refractivity contribution in [1.29, 1.82) is 0 Å². The first kappa shape index (κ1) is 9.70. The predicted octanol–water partition coefficient (Wildman–Crippen LogP) is -0.103. The third-order valence-corrected chi connectivity index (χ3v) is 2.36. The van der Waals surface area contributed by atoms with Gasteiger partial charge in [-0.2, -0.15) is 4.52 Å². The summed E-state index contributed by atoms with van der Waals surface area (Å²) in [6.07, 6.45) is 7.62. The number of aromatic nitrogens is 7. The van der Waals surface area contributed by atoms with E-state index in [1.165, 1.54) is 0 Å². The Bertz CT molecular complexity index is 598. The van der Waals surface area contributed by atoms with Gasteiger partial charge in [0, 0.05) is 24.9 Å². The summed E-state index contributed by atoms with van der Waals surface area (Å²) < 4.78 is 1.61. The molecule has 0 amide bonds. The van der Waals surface area contributed by atoms with Crippen LogP contribution in [0.5, 0.6) is 0 Å². The molecule has 0 spiro atoms. The van der Waals surface area contributed by atoms with E-state index in [9.17, 15) is 0 Å². The Balaban J connectivity index is 1.70. The van der Waals surface area contributed by atoms with E-state index in [-0.39, 0.29) is 0 Å². The van der Waals surface area contributed by atoms with Crippen molar-refractivity contribution in [2.24, 2.45) is 0 Å². The third-order valence-electron chi connectivity index (χ3n) is 2.36. The summed E-state index contributed by atoms with van der Waals surface area (Å²) in [5.41, 5.74) is 1.70. The topological polar surface area (TPSA) is 96.7 Å². The van der Waals surface area contributed by atoms with Crippen LogP contribution in [0.2, 0.25) is 0 Å². The number of nitrogens with zero attached hydrogens (tertiary/aromatic N) is 6. The smallest absolute Gasteiger partial charge is 0.199 e. The van der Waals surface area contributed by atoms with Gasteiger partial charge in [-0.25, -0.2) is 4.98 Å². The summed E-state index contributed by atoms with van der Waals surface area (Å²) >= 11 is 0. The summed E-state index contributed by atoms with van der Waals surface area (Å²) in [6.45, 7) is 0.753. The molecule has 0 aliphatic carbocycles. The van der Waals surface area contributed by atoms with E-state index < -0.39 is 0 Å². The second-order valence-electron chi connectivity index (χ2n) is 3.50. The average molecular weight is 230 g/mol. The fraction of sp³-hybridized carbons (Fsp3) is 0.222. The van der Waals surface area contributed by atoms with Crippen molar-refractivity contribution >= 4 is 11.5 Å². The lowest BCUT2D eigenvalue weighted by atomic mass is 10.3. The number of hydrogen-bond acceptors (Lipinski definition) is 6. The molecule has 17 heavy (non-hydrogen) atoms. The highest BCUT2D eigenvalue weighted by Crippen LogP contribution is 2.05. The maximum absolute atomic E-state index is 4.05. The van der Waals surface area contributed by atoms with Gasteiger partial charge in [0.25, 0.3) is 0 Å². The molecule has 0 saturated carbocycles. The van der Waals surface area contributed by atoms with Gasteiger partial charge in [0.05, 0.1) is 18.7 Å². The molecule has 0 aliphatic heterocycles. The summed E-state index contributed by atoms with van der Waals surface area (Å²) in [6, 6.07) is 0. The monoisotopic (exact) mass is 230 g/mol. The van der Waals surface area contributed by atoms with Crippen molar-refractivity contribution in [2.75, 3.05) is 11.9 Å². The fourth-order valence-electron chi connectivity index (χ4n) is 1.54. The van der Waals surface area contributed by atoms with E-state index in [1.54, 1.807) is 29.4 Å². The van der Waals surface area contributed by atoms with Crippen LogP contribution in [0, 0.1) is 0 Å². The molecule has 86 valence electrons. The predicted molar refractivity (Wildman–Crippen MR) is 59.4 cm³/mol. The highest BCUT2D eigenvalue weighted by atomic mass is 15.5. The lowest BCUT2D eigenvalue weighted by Crippen LogP contribution is -2.09. The van der Waals surface area contributed by atoms with Crippen LogP contribution in [-0.2, 0) is 6.42 Å². The van der Waals surface area contributed by atoms with Crippen LogP contribution in [0.1, 0.15) is 5.69 Å². The molecule has 0 radical (unpaired) electrons. The lowest BCUT2D eigenvalue weighted by Gasteiger charge is -2.05. The number of aromatic amines is 1. The van der Waals surface area contributed by atoms with Crippen LogP contribution in [-0.4, -0.2) is 41.5 Å². The molecule has 2 N–H and O–H groups in total. The first-order valence-electron chi connectivity index (χ1n) is 5.17. The van der Waals surface area contributed by atoms with E-state index in [0.717, 1.165) is 24.5 Å². The van der Waals surface area contributed by atoms with E-state index in [0.29, 0.717) is 5.65 Å². The number of imidazole rings is 1. The number of hydrogen-bond donors (Lipinski definition) is 2. The first-order valence-corrected chi connectivity index (χ1v) is 5.17. The van der Waals surface area contributed by atoms with Gasteiger partial charge in [-0.3, -0.25) is 4.98 Å². The molecule has 8 nitrogen and oxygen atoms in total. The Labute approximate surface area is 96.1 Å². The van der Waals surface area contributed by atoms with Crippen LogP contribution < -0.4 is 5.32 Å². The number of fused-ring (bicyclic) bond motifs is 1. The summed E-state index contributed by atoms with van der Waals surface area (Å²) in [5, 5.41) is 14.5. The Morgan fingerprint density at radius 2 is 2.24 bits per heavy atom. The number of H-pyrrole nitrogens is 1. The van der Waals surface area contributed by atoms with Crippen molar-refractivity contribution in [3.05, 3.63) is 30.6 Å². The van der Waals surface area contributed by atoms with Gasteiger partial charge < -0.3 is 10.3 Å². The van der Waals surface area contributed by atoms with Crippen molar-refractivity contribution in [1.82, 2.24) is 35.0 Å². The Morgan fingerprint density at radius 3 is 3.12 bits per heavy atom. The first-order chi connectivity index (χ1) is 8.43. The van der Waals surface area contributed by atoms with Crippen molar-refractivity contribution < 1.29 is 0 Å². The van der Waals surface area contributed by atoms with E-state index in [4.69, 9.17) is 0 Å². The van der Waals surface area contributed by atoms with Crippen molar-refractivity contribution in [3.63, 3.8) is 0 Å². The molecular formula is C9H10N8. The normalized spacial score (nSPS) is 10.8. The molecule has 0 bridgehead atoms. The second-order valence-corrected chi connectivity index (χ2v) is 3.50. The molecule has 3 rings (SSSR count). The van der Waals surface area contributed by atoms with Gasteiger partial charge >= 0.3 is 0 Å². The van der Waals surface area contributed by atoms with Gasteiger partial charge in [0.1, 0.15) is 5.82 Å². The number of anilines is 1. The average Bonchev–Trinajstić information content (AvgIpc) is 2.99. The molecule has 3 aromatic rings. The number of tetrazole rings is 1. The fourth-order valence-corrected chi connectivity index (χ4v) is 1.54. The van der Waals surface area contributed by atoms with Gasteiger partial charge in [-0.1, -0.05) is 0 Å². The highest BCUT2D eigenvalue weighted by molar-refractivity contribution is 5.43. The van der Waals surface area contributed by atoms with E-state index in [2.05, 4.69) is 35.8 Å². The van der Waals surface area contributed by atoms with E-state index >= 15 is 0 Å². The largest absolute Gasteiger partial charge is 0.368 e. The highest BCUT2D eigenvalue weighted by Gasteiger charge is 2.03. The molecule has 0 aromatic carbocycles. The van der Waals surface area contributed by atoms with Crippen LogP contribution in [0.25, 0.3) is 5.65 Å². The number of rotatable bonds is 4. The zero-order valence-corrected chi connectivity index (χ0v) is 8.91. The quantitative estimate of drug-likeness (QED) is 0.649. The lowest BCUT2D eigenvalue weighted by molar-refractivity contribution is 0.817. The van der Waals surface area contributed by atoms with Gasteiger partial charge in [0.15, 0.2) is 5.65 Å². The molecular weight excluding hydrogens is 220 g/mol. The molecule has 0 atom stereocenters. The van der Waals surface area contributed by atoms with Crippen LogP contribution in [0.15, 0.2) is 24.9 Å². The maximum atomic E-state index is 4.05. The third kappa shape index (κ3) is 1.92. The van der Waals surface area contributed by atoms with Crippen molar-refractivity contribution in [2.45, 2.75) is 6.42 Å². The molecule has 3 heterocycles. The van der Waals surface area contributed by atoms with Gasteiger partial charge in [0.2, 0.25) is 0 Å².